The molecule has 0 atom stereocenters. The number of hydrogen-bond acceptors (Lipinski definition) is 4. The largest absolute Gasteiger partial charge is 0.386 e. The van der Waals surface area contributed by atoms with Crippen LogP contribution in [0.25, 0.3) is 4.91 Å². The highest BCUT2D eigenvalue weighted by molar-refractivity contribution is 8.06. The molecule has 0 fully saturated rings. The van der Waals surface area contributed by atoms with E-state index >= 15 is 0 Å². The van der Waals surface area contributed by atoms with Crippen LogP contribution in [-0.2, 0) is 6.42 Å². The zero-order valence-corrected chi connectivity index (χ0v) is 13.0. The molecule has 5 heteroatoms. The third-order valence-corrected chi connectivity index (χ3v) is 4.82. The van der Waals surface area contributed by atoms with Gasteiger partial charge in [-0.05, 0) is 17.5 Å². The lowest BCUT2D eigenvalue weighted by Crippen LogP contribution is -2.23. The molecule has 21 heavy (non-hydrogen) atoms. The van der Waals surface area contributed by atoms with E-state index in [0.29, 0.717) is 0 Å². The first-order valence-electron chi connectivity index (χ1n) is 7.29. The summed E-state index contributed by atoms with van der Waals surface area (Å²) in [6.07, 6.45) is 4.58. The molecule has 0 spiro atoms. The van der Waals surface area contributed by atoms with Crippen molar-refractivity contribution in [1.29, 1.82) is 0 Å². The number of H-pyrrole nitrogens is 1. The Morgan fingerprint density at radius 1 is 1.33 bits per heavy atom. The molecule has 0 saturated heterocycles. The lowest BCUT2D eigenvalue weighted by molar-refractivity contribution is 0.532. The molecule has 0 aliphatic carbocycles. The summed E-state index contributed by atoms with van der Waals surface area (Å²) >= 11 is 1.85. The number of imidazole rings is 1. The normalized spacial score (nSPS) is 15.7. The van der Waals surface area contributed by atoms with Gasteiger partial charge in [0.15, 0.2) is 0 Å². The highest BCUT2D eigenvalue weighted by Crippen LogP contribution is 2.38. The summed E-state index contributed by atoms with van der Waals surface area (Å²) in [4.78, 5) is 8.54. The van der Waals surface area contributed by atoms with Gasteiger partial charge in [-0.25, -0.2) is 9.29 Å². The highest BCUT2D eigenvalue weighted by atomic mass is 32.2. The molecule has 2 heterocycles. The van der Waals surface area contributed by atoms with Gasteiger partial charge in [-0.15, -0.1) is 0 Å². The van der Waals surface area contributed by atoms with Gasteiger partial charge in [0, 0.05) is 37.1 Å². The van der Waals surface area contributed by atoms with Crippen LogP contribution in [0, 0.1) is 0 Å². The minimum Gasteiger partial charge on any atom is -0.386 e. The summed E-state index contributed by atoms with van der Waals surface area (Å²) in [5.41, 5.74) is 3.79. The molecule has 4 nitrogen and oxygen atoms in total. The van der Waals surface area contributed by atoms with E-state index in [1.807, 2.05) is 18.1 Å². The van der Waals surface area contributed by atoms with E-state index < -0.39 is 0 Å². The Hall–Kier alpha value is -1.72. The Kier molecular flexibility index (Phi) is 4.62. The van der Waals surface area contributed by atoms with E-state index in [0.717, 1.165) is 26.1 Å². The third kappa shape index (κ3) is 3.49. The Morgan fingerprint density at radius 2 is 2.19 bits per heavy atom. The Balaban J connectivity index is 1.69. The second kappa shape index (κ2) is 6.83. The molecule has 1 aromatic heterocycles. The van der Waals surface area contributed by atoms with Gasteiger partial charge in [0.25, 0.3) is 0 Å². The van der Waals surface area contributed by atoms with Gasteiger partial charge in [0.2, 0.25) is 0 Å². The Bertz CT molecular complexity index is 592. The van der Waals surface area contributed by atoms with Crippen LogP contribution in [0.5, 0.6) is 0 Å². The molecule has 0 saturated carbocycles. The van der Waals surface area contributed by atoms with Crippen molar-refractivity contribution in [2.75, 3.05) is 19.6 Å². The van der Waals surface area contributed by atoms with Crippen molar-refractivity contribution < 1.29 is 0 Å². The van der Waals surface area contributed by atoms with E-state index in [2.05, 4.69) is 56.8 Å². The fraction of sp³-hybridized carbons (Fsp3) is 0.312. The zero-order chi connectivity index (χ0) is 14.5. The second-order valence-electron chi connectivity index (χ2n) is 4.97. The number of likely N-dealkylation sites (N-methyl/N-ethyl adjacent to an activating group) is 1. The molecule has 110 valence electrons. The lowest BCUT2D eigenvalue weighted by Gasteiger charge is -2.11. The van der Waals surface area contributed by atoms with Crippen LogP contribution in [0.3, 0.4) is 0 Å². The molecule has 0 amide bonds. The molecule has 0 bridgehead atoms. The molecule has 1 aliphatic heterocycles. The molecule has 1 aromatic carbocycles. The number of nitrogens with zero attached hydrogens (tertiary/aromatic N) is 2. The van der Waals surface area contributed by atoms with Crippen LogP contribution < -0.4 is 5.32 Å². The van der Waals surface area contributed by atoms with Crippen molar-refractivity contribution in [1.82, 2.24) is 19.6 Å². The van der Waals surface area contributed by atoms with Gasteiger partial charge < -0.3 is 10.3 Å². The SMILES string of the molecule is CCN1CC(NCCc2cnc[nH]2)=C(c2ccccc2)S1. The van der Waals surface area contributed by atoms with E-state index in [9.17, 15) is 0 Å². The van der Waals surface area contributed by atoms with Gasteiger partial charge in [0.05, 0.1) is 17.8 Å². The van der Waals surface area contributed by atoms with Crippen molar-refractivity contribution >= 4 is 16.9 Å². The maximum atomic E-state index is 4.05. The average Bonchev–Trinajstić information content (AvgIpc) is 3.18. The van der Waals surface area contributed by atoms with Gasteiger partial charge in [-0.3, -0.25) is 0 Å². The maximum absolute atomic E-state index is 4.05. The predicted molar refractivity (Wildman–Crippen MR) is 88.5 cm³/mol. The summed E-state index contributed by atoms with van der Waals surface area (Å²) in [6, 6.07) is 10.6. The molecular formula is C16H20N4S. The number of rotatable bonds is 6. The van der Waals surface area contributed by atoms with E-state index in [1.165, 1.54) is 21.9 Å². The summed E-state index contributed by atoms with van der Waals surface area (Å²) in [5.74, 6) is 0. The zero-order valence-electron chi connectivity index (χ0n) is 12.2. The fourth-order valence-electron chi connectivity index (χ4n) is 2.36. The highest BCUT2D eigenvalue weighted by Gasteiger charge is 2.22. The van der Waals surface area contributed by atoms with Crippen molar-refractivity contribution in [3.63, 3.8) is 0 Å². The number of nitrogens with one attached hydrogen (secondary N) is 2. The lowest BCUT2D eigenvalue weighted by atomic mass is 10.2. The second-order valence-corrected chi connectivity index (χ2v) is 6.08. The maximum Gasteiger partial charge on any atom is 0.0921 e. The van der Waals surface area contributed by atoms with Crippen LogP contribution in [0.4, 0.5) is 0 Å². The van der Waals surface area contributed by atoms with Crippen molar-refractivity contribution in [3.05, 3.63) is 59.8 Å². The summed E-state index contributed by atoms with van der Waals surface area (Å²) in [6.45, 7) is 5.15. The quantitative estimate of drug-likeness (QED) is 0.805. The Labute approximate surface area is 129 Å². The van der Waals surface area contributed by atoms with Crippen LogP contribution >= 0.6 is 11.9 Å². The van der Waals surface area contributed by atoms with Gasteiger partial charge in [-0.1, -0.05) is 37.3 Å². The first kappa shape index (κ1) is 14.2. The van der Waals surface area contributed by atoms with Crippen LogP contribution in [-0.4, -0.2) is 33.9 Å². The monoisotopic (exact) mass is 300 g/mol. The first-order chi connectivity index (χ1) is 10.4. The number of hydrogen-bond donors (Lipinski definition) is 2. The number of aromatic nitrogens is 2. The molecular weight excluding hydrogens is 280 g/mol. The van der Waals surface area contributed by atoms with Crippen LogP contribution in [0.1, 0.15) is 18.2 Å². The van der Waals surface area contributed by atoms with Gasteiger partial charge in [-0.2, -0.15) is 0 Å². The van der Waals surface area contributed by atoms with E-state index in [1.54, 1.807) is 6.33 Å². The Morgan fingerprint density at radius 3 is 2.90 bits per heavy atom. The molecule has 2 N–H and O–H groups in total. The number of aromatic amines is 1. The third-order valence-electron chi connectivity index (χ3n) is 3.51. The van der Waals surface area contributed by atoms with Crippen molar-refractivity contribution in [3.8, 4) is 0 Å². The first-order valence-corrected chi connectivity index (χ1v) is 8.06. The van der Waals surface area contributed by atoms with Gasteiger partial charge >= 0.3 is 0 Å². The molecule has 1 aliphatic rings. The number of benzene rings is 1. The average molecular weight is 300 g/mol. The van der Waals surface area contributed by atoms with Gasteiger partial charge in [0.1, 0.15) is 0 Å². The minimum atomic E-state index is 0.923. The summed E-state index contributed by atoms with van der Waals surface area (Å²) in [7, 11) is 0. The smallest absolute Gasteiger partial charge is 0.0921 e. The standard InChI is InChI=1S/C16H20N4S/c1-2-20-11-15(18-9-8-14-10-17-12-19-14)16(21-20)13-6-4-3-5-7-13/h3-7,10,12,18H,2,8-9,11H2,1H3,(H,17,19). The van der Waals surface area contributed by atoms with E-state index in [4.69, 9.17) is 0 Å². The fourth-order valence-corrected chi connectivity index (χ4v) is 3.43. The van der Waals surface area contributed by atoms with Crippen LogP contribution in [0.15, 0.2) is 48.6 Å². The summed E-state index contributed by atoms with van der Waals surface area (Å²) < 4.78 is 2.38. The topological polar surface area (TPSA) is 44.0 Å². The van der Waals surface area contributed by atoms with E-state index in [-0.39, 0.29) is 0 Å². The molecule has 2 aromatic rings. The van der Waals surface area contributed by atoms with Crippen LogP contribution in [0.2, 0.25) is 0 Å². The predicted octanol–water partition coefficient (Wildman–Crippen LogP) is 2.89. The van der Waals surface area contributed by atoms with Crippen molar-refractivity contribution in [2.45, 2.75) is 13.3 Å². The molecule has 3 rings (SSSR count). The molecule has 0 radical (unpaired) electrons. The summed E-state index contributed by atoms with van der Waals surface area (Å²) in [5, 5.41) is 3.60. The van der Waals surface area contributed by atoms with Crippen molar-refractivity contribution in [2.24, 2.45) is 0 Å². The minimum absolute atomic E-state index is 0.923. The molecule has 0 unspecified atom stereocenters.